The van der Waals surface area contributed by atoms with Gasteiger partial charge in [0.15, 0.2) is 0 Å². The molecule has 0 N–H and O–H groups in total. The highest BCUT2D eigenvalue weighted by Crippen LogP contribution is 2.36. The fraction of sp³-hybridized carbons (Fsp3) is 0. The molecule has 5 heterocycles. The summed E-state index contributed by atoms with van der Waals surface area (Å²) in [7, 11) is 0. The van der Waals surface area contributed by atoms with Gasteiger partial charge in [-0.25, -0.2) is 4.98 Å². The lowest BCUT2D eigenvalue weighted by Crippen LogP contribution is -1.97. The van der Waals surface area contributed by atoms with Gasteiger partial charge in [0.25, 0.3) is 0 Å². The van der Waals surface area contributed by atoms with E-state index in [1.807, 2.05) is 24.8 Å². The Bertz CT molecular complexity index is 2600. The summed E-state index contributed by atoms with van der Waals surface area (Å²) in [4.78, 5) is 14.2. The van der Waals surface area contributed by atoms with E-state index >= 15 is 0 Å². The van der Waals surface area contributed by atoms with Crippen molar-refractivity contribution in [1.29, 1.82) is 0 Å². The van der Waals surface area contributed by atoms with E-state index in [1.54, 1.807) is 0 Å². The van der Waals surface area contributed by atoms with Crippen LogP contribution in [0.5, 0.6) is 0 Å². The molecule has 50 heavy (non-hydrogen) atoms. The highest BCUT2D eigenvalue weighted by molar-refractivity contribution is 6.09. The molecule has 0 spiro atoms. The second-order valence-electron chi connectivity index (χ2n) is 12.6. The smallest absolute Gasteiger partial charge is 0.0716 e. The van der Waals surface area contributed by atoms with E-state index in [0.717, 1.165) is 77.9 Å². The van der Waals surface area contributed by atoms with Crippen LogP contribution in [-0.4, -0.2) is 24.1 Å². The zero-order valence-electron chi connectivity index (χ0n) is 27.0. The van der Waals surface area contributed by atoms with Crippen LogP contribution in [0.2, 0.25) is 0 Å². The van der Waals surface area contributed by atoms with Crippen molar-refractivity contribution in [1.82, 2.24) is 24.1 Å². The first-order valence-corrected chi connectivity index (χ1v) is 16.8. The monoisotopic (exact) mass is 639 g/mol. The lowest BCUT2D eigenvalue weighted by Gasteiger charge is -2.14. The van der Waals surface area contributed by atoms with E-state index in [2.05, 4.69) is 171 Å². The van der Waals surface area contributed by atoms with E-state index in [0.29, 0.717) is 0 Å². The second-order valence-corrected chi connectivity index (χ2v) is 12.6. The van der Waals surface area contributed by atoms with Gasteiger partial charge in [-0.3, -0.25) is 9.97 Å². The average molecular weight is 640 g/mol. The number of hydrogen-bond donors (Lipinski definition) is 0. The Morgan fingerprint density at radius 2 is 0.800 bits per heavy atom. The van der Waals surface area contributed by atoms with Crippen molar-refractivity contribution in [2.24, 2.45) is 0 Å². The van der Waals surface area contributed by atoms with Crippen molar-refractivity contribution in [3.05, 3.63) is 176 Å². The van der Waals surface area contributed by atoms with Crippen LogP contribution in [0.3, 0.4) is 0 Å². The van der Waals surface area contributed by atoms with E-state index in [9.17, 15) is 0 Å². The average Bonchev–Trinajstić information content (AvgIpc) is 3.71. The van der Waals surface area contributed by atoms with Gasteiger partial charge in [-0.15, -0.1) is 0 Å². The van der Waals surface area contributed by atoms with Crippen LogP contribution in [0.1, 0.15) is 0 Å². The largest absolute Gasteiger partial charge is 0.309 e. The number of fused-ring (bicyclic) bond motifs is 6. The highest BCUT2D eigenvalue weighted by atomic mass is 15.0. The van der Waals surface area contributed by atoms with Crippen molar-refractivity contribution in [2.75, 3.05) is 0 Å². The van der Waals surface area contributed by atoms with Gasteiger partial charge in [-0.05, 0) is 71.8 Å². The molecule has 234 valence electrons. The van der Waals surface area contributed by atoms with E-state index in [-0.39, 0.29) is 0 Å². The first kappa shape index (κ1) is 28.2. The molecule has 10 rings (SSSR count). The maximum absolute atomic E-state index is 5.36. The third-order valence-electron chi connectivity index (χ3n) is 9.68. The Balaban J connectivity index is 1.15. The summed E-state index contributed by atoms with van der Waals surface area (Å²) in [5.74, 6) is 0. The van der Waals surface area contributed by atoms with Crippen LogP contribution in [0.25, 0.3) is 88.6 Å². The molecule has 0 amide bonds. The van der Waals surface area contributed by atoms with Gasteiger partial charge >= 0.3 is 0 Å². The Labute approximate surface area is 288 Å². The van der Waals surface area contributed by atoms with Gasteiger partial charge in [0.2, 0.25) is 0 Å². The normalized spacial score (nSPS) is 11.6. The summed E-state index contributed by atoms with van der Waals surface area (Å²) >= 11 is 0. The molecule has 0 fully saturated rings. The number of benzene rings is 5. The van der Waals surface area contributed by atoms with E-state index in [1.165, 1.54) is 10.8 Å². The molecule has 10 aromatic rings. The van der Waals surface area contributed by atoms with Crippen LogP contribution in [0, 0.1) is 0 Å². The molecule has 0 aliphatic rings. The first-order chi connectivity index (χ1) is 24.8. The lowest BCUT2D eigenvalue weighted by molar-refractivity contribution is 1.17. The number of nitrogens with zero attached hydrogens (tertiary/aromatic N) is 5. The van der Waals surface area contributed by atoms with Gasteiger partial charge in [0, 0.05) is 68.8 Å². The third-order valence-corrected chi connectivity index (χ3v) is 9.68. The molecule has 0 bridgehead atoms. The summed E-state index contributed by atoms with van der Waals surface area (Å²) in [5, 5.41) is 4.65. The molecule has 0 aliphatic heterocycles. The second kappa shape index (κ2) is 11.4. The molecule has 0 unspecified atom stereocenters. The van der Waals surface area contributed by atoms with Crippen LogP contribution in [-0.2, 0) is 0 Å². The van der Waals surface area contributed by atoms with Crippen LogP contribution in [0.4, 0.5) is 0 Å². The minimum Gasteiger partial charge on any atom is -0.309 e. The minimum absolute atomic E-state index is 0.916. The van der Waals surface area contributed by atoms with Crippen molar-refractivity contribution in [3.8, 4) is 45.0 Å². The van der Waals surface area contributed by atoms with Gasteiger partial charge in [-0.1, -0.05) is 91.0 Å². The summed E-state index contributed by atoms with van der Waals surface area (Å²) in [6.07, 6.45) is 7.64. The summed E-state index contributed by atoms with van der Waals surface area (Å²) in [6, 6.07) is 53.6. The maximum Gasteiger partial charge on any atom is 0.0716 e. The van der Waals surface area contributed by atoms with Crippen LogP contribution < -0.4 is 0 Å². The topological polar surface area (TPSA) is 48.5 Å². The number of para-hydroxylation sites is 2. The Morgan fingerprint density at radius 1 is 0.340 bits per heavy atom. The minimum atomic E-state index is 0.916. The molecular formula is C45H29N5. The molecule has 5 nitrogen and oxygen atoms in total. The van der Waals surface area contributed by atoms with Crippen molar-refractivity contribution >= 4 is 43.6 Å². The van der Waals surface area contributed by atoms with Gasteiger partial charge < -0.3 is 9.13 Å². The number of pyridine rings is 3. The molecule has 0 saturated carbocycles. The number of aromatic nitrogens is 5. The third kappa shape index (κ3) is 4.52. The first-order valence-electron chi connectivity index (χ1n) is 16.8. The summed E-state index contributed by atoms with van der Waals surface area (Å²) in [5.41, 5.74) is 12.9. The Morgan fingerprint density at radius 3 is 1.34 bits per heavy atom. The molecule has 0 saturated heterocycles. The van der Waals surface area contributed by atoms with E-state index in [4.69, 9.17) is 4.98 Å². The zero-order valence-corrected chi connectivity index (χ0v) is 27.0. The Kier molecular flexibility index (Phi) is 6.42. The molecule has 0 atom stereocenters. The lowest BCUT2D eigenvalue weighted by atomic mass is 9.99. The summed E-state index contributed by atoms with van der Waals surface area (Å²) in [6.45, 7) is 0. The molecule has 5 aromatic heterocycles. The van der Waals surface area contributed by atoms with Crippen LogP contribution >= 0.6 is 0 Å². The molecule has 0 aliphatic carbocycles. The predicted molar refractivity (Wildman–Crippen MR) is 205 cm³/mol. The van der Waals surface area contributed by atoms with Crippen LogP contribution in [0.15, 0.2) is 176 Å². The maximum atomic E-state index is 5.36. The van der Waals surface area contributed by atoms with Gasteiger partial charge in [-0.2, -0.15) is 0 Å². The SMILES string of the molecule is c1ccc(-c2cc(-c3cccc(-n4c5ccccc5c5cnccc54)c3)nc(-c3cccc(-n4c5ccccc5c5cnccc54)c3)c2)cc1. The Hall–Kier alpha value is -6.85. The number of hydrogen-bond acceptors (Lipinski definition) is 3. The molecule has 0 radical (unpaired) electrons. The van der Waals surface area contributed by atoms with Crippen molar-refractivity contribution < 1.29 is 0 Å². The summed E-state index contributed by atoms with van der Waals surface area (Å²) < 4.78 is 4.64. The van der Waals surface area contributed by atoms with Gasteiger partial charge in [0.1, 0.15) is 0 Å². The quantitative estimate of drug-likeness (QED) is 0.188. The van der Waals surface area contributed by atoms with E-state index < -0.39 is 0 Å². The molecule has 5 heteroatoms. The van der Waals surface area contributed by atoms with Crippen molar-refractivity contribution in [2.45, 2.75) is 0 Å². The number of rotatable bonds is 5. The fourth-order valence-corrected chi connectivity index (χ4v) is 7.42. The fourth-order valence-electron chi connectivity index (χ4n) is 7.42. The predicted octanol–water partition coefficient (Wildman–Crippen LogP) is 11.1. The van der Waals surface area contributed by atoms with Crippen molar-refractivity contribution in [3.63, 3.8) is 0 Å². The van der Waals surface area contributed by atoms with Gasteiger partial charge in [0.05, 0.1) is 33.5 Å². The molecule has 5 aromatic carbocycles. The standard InChI is InChI=1S/C45H29N5/c1-2-10-30(11-3-1)33-26-40(31-12-8-14-34(24-31)49-42-18-6-4-16-36(42)38-28-46-22-20-44(38)49)48-41(27-33)32-13-9-15-35(25-32)50-43-19-7-5-17-37(43)39-29-47-23-21-45(39)50/h1-29H. The zero-order chi connectivity index (χ0) is 33.0. The highest BCUT2D eigenvalue weighted by Gasteiger charge is 2.16. The molecular weight excluding hydrogens is 611 g/mol.